The molecule has 0 saturated carbocycles. The first-order chi connectivity index (χ1) is 20.9. The third-order valence-corrected chi connectivity index (χ3v) is 10.4. The van der Waals surface area contributed by atoms with E-state index >= 15 is 8.78 Å². The molecule has 0 amide bonds. The molecule has 44 heavy (non-hydrogen) atoms. The standard InChI is InChI=1S/C21H23F2N9O8P2S2/c1-8-13-18(27-4-25-8)31(6-29-13)20-11(22)15-9(37-20)2-35-42(34,44)40-16-10(3-36-41(33,43)39-15)38-21(12(16)23)32-7-30-14-17(24)26-5-28-19(14)32/h4-7,9-12,15-16,20-21H,2-3H2,1H3,(H,33,43)(H,34,44)(H2,24,26,28)/t9-,10-,11-,12-,15-,16-,20-,21-,41?,42?/m1/s1. The zero-order valence-electron chi connectivity index (χ0n) is 22.3. The monoisotopic (exact) mass is 693 g/mol. The molecule has 7 heterocycles. The number of alkyl halides is 2. The van der Waals surface area contributed by atoms with Gasteiger partial charge in [0.1, 0.15) is 48.1 Å². The summed E-state index contributed by atoms with van der Waals surface area (Å²) in [5.41, 5.74) is 7.48. The lowest BCUT2D eigenvalue weighted by atomic mass is 10.1. The summed E-state index contributed by atoms with van der Waals surface area (Å²) >= 11 is 10.3. The summed E-state index contributed by atoms with van der Waals surface area (Å²) in [7, 11) is 0. The number of nitrogen functional groups attached to an aromatic ring is 1. The van der Waals surface area contributed by atoms with Crippen LogP contribution in [0, 0.1) is 6.92 Å². The number of imidazole rings is 2. The van der Waals surface area contributed by atoms with Gasteiger partial charge in [-0.2, -0.15) is 0 Å². The Kier molecular flexibility index (Phi) is 7.75. The average Bonchev–Trinajstić information content (AvgIpc) is 3.73. The van der Waals surface area contributed by atoms with Crippen LogP contribution in [-0.4, -0.2) is 98.8 Å². The molecular weight excluding hydrogens is 670 g/mol. The van der Waals surface area contributed by atoms with E-state index in [0.29, 0.717) is 11.2 Å². The molecule has 3 fully saturated rings. The minimum atomic E-state index is -4.22. The van der Waals surface area contributed by atoms with E-state index in [-0.39, 0.29) is 22.6 Å². The van der Waals surface area contributed by atoms with Gasteiger partial charge < -0.3 is 34.0 Å². The zero-order valence-corrected chi connectivity index (χ0v) is 25.7. The van der Waals surface area contributed by atoms with E-state index in [2.05, 4.69) is 29.9 Å². The van der Waals surface area contributed by atoms with Crippen molar-refractivity contribution in [1.29, 1.82) is 0 Å². The molecule has 7 rings (SSSR count). The summed E-state index contributed by atoms with van der Waals surface area (Å²) in [4.78, 5) is 46.4. The highest BCUT2D eigenvalue weighted by molar-refractivity contribution is 8.07. The van der Waals surface area contributed by atoms with Gasteiger partial charge in [-0.05, 0) is 30.5 Å². The van der Waals surface area contributed by atoms with Gasteiger partial charge in [-0.15, -0.1) is 0 Å². The van der Waals surface area contributed by atoms with E-state index in [1.165, 1.54) is 34.4 Å². The molecule has 3 aliphatic rings. The summed E-state index contributed by atoms with van der Waals surface area (Å²) in [6, 6.07) is 0. The number of ether oxygens (including phenoxy) is 2. The molecule has 0 radical (unpaired) electrons. The average molecular weight is 694 g/mol. The number of hydrogen-bond donors (Lipinski definition) is 3. The first-order valence-corrected chi connectivity index (χ1v) is 18.1. The number of hydrogen-bond acceptors (Lipinski definition) is 15. The van der Waals surface area contributed by atoms with Crippen LogP contribution in [0.5, 0.6) is 0 Å². The summed E-state index contributed by atoms with van der Waals surface area (Å²) in [6.45, 7) is -7.89. The van der Waals surface area contributed by atoms with Crippen molar-refractivity contribution < 1.29 is 46.1 Å². The maximum Gasteiger partial charge on any atom is 0.325 e. The van der Waals surface area contributed by atoms with Crippen molar-refractivity contribution in [3.8, 4) is 0 Å². The molecule has 2 unspecified atom stereocenters. The number of halogens is 2. The van der Waals surface area contributed by atoms with Crippen molar-refractivity contribution in [2.24, 2.45) is 0 Å². The Morgan fingerprint density at radius 3 is 1.82 bits per heavy atom. The van der Waals surface area contributed by atoms with Gasteiger partial charge in [0.15, 0.2) is 41.9 Å². The van der Waals surface area contributed by atoms with Crippen LogP contribution in [0.15, 0.2) is 25.3 Å². The van der Waals surface area contributed by atoms with Gasteiger partial charge in [-0.1, -0.05) is 0 Å². The molecular formula is C21H23F2N9O8P2S2. The number of aryl methyl sites for hydroxylation is 1. The molecule has 4 N–H and O–H groups in total. The number of nitrogens with two attached hydrogens (primary N) is 1. The molecule has 0 aromatic carbocycles. The minimum absolute atomic E-state index is 0.0661. The molecule has 0 spiro atoms. The lowest BCUT2D eigenvalue weighted by molar-refractivity contribution is -0.0583. The van der Waals surface area contributed by atoms with Crippen LogP contribution in [0.2, 0.25) is 0 Å². The van der Waals surface area contributed by atoms with E-state index in [1.807, 2.05) is 0 Å². The number of anilines is 1. The maximum atomic E-state index is 16.0. The lowest BCUT2D eigenvalue weighted by Gasteiger charge is -2.29. The fourth-order valence-corrected chi connectivity index (χ4v) is 8.14. The predicted octanol–water partition coefficient (Wildman–Crippen LogP) is 1.28. The van der Waals surface area contributed by atoms with E-state index in [0.717, 1.165) is 0 Å². The van der Waals surface area contributed by atoms with Crippen molar-refractivity contribution >= 4 is 65.2 Å². The van der Waals surface area contributed by atoms with Crippen LogP contribution in [0.1, 0.15) is 18.1 Å². The van der Waals surface area contributed by atoms with E-state index in [1.54, 1.807) is 6.92 Å². The van der Waals surface area contributed by atoms with Crippen molar-refractivity contribution in [1.82, 2.24) is 39.0 Å². The van der Waals surface area contributed by atoms with E-state index in [9.17, 15) is 9.79 Å². The van der Waals surface area contributed by atoms with Crippen LogP contribution in [-0.2, 0) is 51.2 Å². The number of rotatable bonds is 2. The van der Waals surface area contributed by atoms with Crippen molar-refractivity contribution in [3.63, 3.8) is 0 Å². The van der Waals surface area contributed by atoms with Gasteiger partial charge in [-0.3, -0.25) is 18.2 Å². The zero-order chi connectivity index (χ0) is 31.0. The Labute approximate surface area is 256 Å². The highest BCUT2D eigenvalue weighted by Gasteiger charge is 2.53. The topological polar surface area (TPSA) is 209 Å². The summed E-state index contributed by atoms with van der Waals surface area (Å²) in [6.07, 6.45) is -7.34. The Hall–Kier alpha value is -2.26. The first-order valence-electron chi connectivity index (χ1n) is 12.9. The molecule has 3 saturated heterocycles. The molecule has 3 aliphatic heterocycles. The smallest absolute Gasteiger partial charge is 0.325 e. The first kappa shape index (κ1) is 30.4. The van der Waals surface area contributed by atoms with Crippen LogP contribution in [0.4, 0.5) is 14.6 Å². The van der Waals surface area contributed by atoms with Crippen molar-refractivity contribution in [3.05, 3.63) is 31.0 Å². The Morgan fingerprint density at radius 1 is 0.795 bits per heavy atom. The van der Waals surface area contributed by atoms with Gasteiger partial charge in [0.2, 0.25) is 0 Å². The fraction of sp³-hybridized carbons (Fsp3) is 0.524. The van der Waals surface area contributed by atoms with Gasteiger partial charge >= 0.3 is 13.4 Å². The molecule has 23 heteroatoms. The lowest BCUT2D eigenvalue weighted by Crippen LogP contribution is -2.37. The Bertz CT molecular complexity index is 1710. The van der Waals surface area contributed by atoms with Gasteiger partial charge in [-0.25, -0.2) is 38.7 Å². The number of fused-ring (bicyclic) bond motifs is 4. The molecule has 17 nitrogen and oxygen atoms in total. The predicted molar refractivity (Wildman–Crippen MR) is 152 cm³/mol. The molecule has 236 valence electrons. The maximum absolute atomic E-state index is 16.0. The third kappa shape index (κ3) is 5.33. The van der Waals surface area contributed by atoms with Crippen LogP contribution in [0.3, 0.4) is 0 Å². The second-order valence-electron chi connectivity index (χ2n) is 10.1. The summed E-state index contributed by atoms with van der Waals surface area (Å²) in [5.74, 6) is 0.0661. The normalized spacial score (nSPS) is 38.3. The molecule has 4 aromatic heterocycles. The van der Waals surface area contributed by atoms with Crippen LogP contribution in [0.25, 0.3) is 22.3 Å². The second kappa shape index (κ2) is 11.2. The summed E-state index contributed by atoms with van der Waals surface area (Å²) in [5, 5.41) is 0. The highest BCUT2D eigenvalue weighted by Crippen LogP contribution is 2.54. The second-order valence-corrected chi connectivity index (χ2v) is 15.6. The van der Waals surface area contributed by atoms with Crippen LogP contribution < -0.4 is 5.73 Å². The Morgan fingerprint density at radius 2 is 1.27 bits per heavy atom. The van der Waals surface area contributed by atoms with Crippen molar-refractivity contribution in [2.75, 3.05) is 18.9 Å². The van der Waals surface area contributed by atoms with Gasteiger partial charge in [0.25, 0.3) is 0 Å². The summed E-state index contributed by atoms with van der Waals surface area (Å²) < 4.78 is 68.5. The van der Waals surface area contributed by atoms with E-state index in [4.69, 9.17) is 56.9 Å². The van der Waals surface area contributed by atoms with E-state index < -0.39 is 75.9 Å². The fourth-order valence-electron chi connectivity index (χ4n) is 5.27. The Balaban J connectivity index is 1.17. The molecule has 10 atom stereocenters. The minimum Gasteiger partial charge on any atom is -0.382 e. The molecule has 0 bridgehead atoms. The number of nitrogens with zero attached hydrogens (tertiary/aromatic N) is 8. The quantitative estimate of drug-likeness (QED) is 0.253. The van der Waals surface area contributed by atoms with Gasteiger partial charge in [0.05, 0.1) is 31.6 Å². The third-order valence-electron chi connectivity index (χ3n) is 7.32. The number of aromatic nitrogens is 8. The SMILES string of the molecule is Cc1ncnc2c1ncn2[C@@H]1O[C@@H]2COP(O)(=S)O[C@H]3[C@@H](F)[C@H](n4cnc5c(N)ncnc54)O[C@@H]3COP(O)(=S)O[C@H]2[C@H]1F. The molecule has 0 aliphatic carbocycles. The largest absolute Gasteiger partial charge is 0.382 e. The molecule has 4 aromatic rings. The van der Waals surface area contributed by atoms with Crippen molar-refractivity contribution in [2.45, 2.75) is 56.1 Å². The van der Waals surface area contributed by atoms with Crippen LogP contribution >= 0.6 is 13.4 Å². The highest BCUT2D eigenvalue weighted by atomic mass is 32.5. The van der Waals surface area contributed by atoms with Gasteiger partial charge in [0, 0.05) is 0 Å².